The van der Waals surface area contributed by atoms with Crippen LogP contribution in [0.2, 0.25) is 0 Å². The molecule has 0 saturated heterocycles. The molecule has 0 aliphatic rings. The van der Waals surface area contributed by atoms with Crippen LogP contribution in [0.4, 0.5) is 19.0 Å². The van der Waals surface area contributed by atoms with Gasteiger partial charge in [0.05, 0.1) is 12.1 Å². The summed E-state index contributed by atoms with van der Waals surface area (Å²) in [7, 11) is 0. The molecule has 8 heteroatoms. The lowest BCUT2D eigenvalue weighted by Crippen LogP contribution is -2.23. The van der Waals surface area contributed by atoms with E-state index in [1.54, 1.807) is 6.92 Å². The Balaban J connectivity index is 2.40. The summed E-state index contributed by atoms with van der Waals surface area (Å²) in [6, 6.07) is 3.13. The molecular formula is C12H11F3N4O. The van der Waals surface area contributed by atoms with Crippen LogP contribution in [0, 0.1) is 6.92 Å². The van der Waals surface area contributed by atoms with Gasteiger partial charge in [-0.05, 0) is 13.0 Å². The Morgan fingerprint density at radius 1 is 1.30 bits per heavy atom. The van der Waals surface area contributed by atoms with Gasteiger partial charge < -0.3 is 10.3 Å². The van der Waals surface area contributed by atoms with Crippen molar-refractivity contribution in [2.45, 2.75) is 19.6 Å². The number of nitrogens with zero attached hydrogens (tertiary/aromatic N) is 3. The molecule has 0 atom stereocenters. The molecule has 2 heterocycles. The Labute approximate surface area is 111 Å². The average Bonchev–Trinajstić information content (AvgIpc) is 2.29. The molecule has 0 saturated carbocycles. The second kappa shape index (κ2) is 4.95. The fourth-order valence-electron chi connectivity index (χ4n) is 1.70. The highest BCUT2D eigenvalue weighted by molar-refractivity contribution is 5.29. The molecule has 0 radical (unpaired) electrons. The minimum absolute atomic E-state index is 0.172. The lowest BCUT2D eigenvalue weighted by Gasteiger charge is -2.10. The normalized spacial score (nSPS) is 11.6. The van der Waals surface area contributed by atoms with Gasteiger partial charge in [0, 0.05) is 24.0 Å². The molecule has 0 bridgehead atoms. The van der Waals surface area contributed by atoms with Gasteiger partial charge in [-0.15, -0.1) is 0 Å². The molecule has 0 aliphatic carbocycles. The molecule has 20 heavy (non-hydrogen) atoms. The SMILES string of the molecule is Cc1cc(N)nc(Cn2cc(C(F)(F)F)ccc2=O)n1. The number of nitrogens with two attached hydrogens (primary N) is 1. The van der Waals surface area contributed by atoms with Gasteiger partial charge in [-0.25, -0.2) is 9.97 Å². The zero-order valence-electron chi connectivity index (χ0n) is 10.5. The molecule has 5 nitrogen and oxygen atoms in total. The first-order valence-corrected chi connectivity index (χ1v) is 5.63. The Kier molecular flexibility index (Phi) is 3.47. The predicted octanol–water partition coefficient (Wildman–Crippen LogP) is 1.60. The standard InChI is InChI=1S/C12H11F3N4O/c1-7-4-9(16)18-10(17-7)6-19-5-8(12(13,14)15)2-3-11(19)20/h2-5H,6H2,1H3,(H2,16,17,18). The third-order valence-electron chi connectivity index (χ3n) is 2.54. The van der Waals surface area contributed by atoms with Crippen molar-refractivity contribution in [1.29, 1.82) is 0 Å². The van der Waals surface area contributed by atoms with E-state index in [1.165, 1.54) is 6.07 Å². The van der Waals surface area contributed by atoms with Crippen LogP contribution in [0.25, 0.3) is 0 Å². The first kappa shape index (κ1) is 14.0. The number of hydrogen-bond acceptors (Lipinski definition) is 4. The van der Waals surface area contributed by atoms with E-state index in [-0.39, 0.29) is 18.2 Å². The van der Waals surface area contributed by atoms with Crippen LogP contribution < -0.4 is 11.3 Å². The Bertz CT molecular complexity index is 674. The smallest absolute Gasteiger partial charge is 0.384 e. The van der Waals surface area contributed by atoms with Crippen molar-refractivity contribution in [3.05, 3.63) is 51.8 Å². The Hall–Kier alpha value is -2.38. The maximum atomic E-state index is 12.6. The quantitative estimate of drug-likeness (QED) is 0.909. The molecule has 0 spiro atoms. The van der Waals surface area contributed by atoms with Gasteiger partial charge in [0.1, 0.15) is 5.82 Å². The number of halogens is 3. The summed E-state index contributed by atoms with van der Waals surface area (Å²) in [6.45, 7) is 1.51. The third kappa shape index (κ3) is 3.14. The first-order chi connectivity index (χ1) is 9.25. The predicted molar refractivity (Wildman–Crippen MR) is 66.0 cm³/mol. The second-order valence-corrected chi connectivity index (χ2v) is 4.23. The van der Waals surface area contributed by atoms with Crippen LogP contribution in [-0.2, 0) is 12.7 Å². The highest BCUT2D eigenvalue weighted by Crippen LogP contribution is 2.28. The summed E-state index contributed by atoms with van der Waals surface area (Å²) in [6.07, 6.45) is -3.77. The van der Waals surface area contributed by atoms with Gasteiger partial charge in [0.15, 0.2) is 5.82 Å². The third-order valence-corrected chi connectivity index (χ3v) is 2.54. The van der Waals surface area contributed by atoms with Gasteiger partial charge in [-0.3, -0.25) is 4.79 Å². The van der Waals surface area contributed by atoms with Crippen LogP contribution in [-0.4, -0.2) is 14.5 Å². The average molecular weight is 284 g/mol. The van der Waals surface area contributed by atoms with E-state index in [2.05, 4.69) is 9.97 Å². The fraction of sp³-hybridized carbons (Fsp3) is 0.250. The molecular weight excluding hydrogens is 273 g/mol. The molecule has 2 aromatic rings. The number of rotatable bonds is 2. The van der Waals surface area contributed by atoms with Gasteiger partial charge in [0.25, 0.3) is 5.56 Å². The van der Waals surface area contributed by atoms with E-state index in [0.717, 1.165) is 22.9 Å². The second-order valence-electron chi connectivity index (χ2n) is 4.23. The van der Waals surface area contributed by atoms with Crippen LogP contribution >= 0.6 is 0 Å². The zero-order chi connectivity index (χ0) is 14.9. The summed E-state index contributed by atoms with van der Waals surface area (Å²) in [4.78, 5) is 19.5. The number of hydrogen-bond donors (Lipinski definition) is 1. The van der Waals surface area contributed by atoms with E-state index in [4.69, 9.17) is 5.73 Å². The molecule has 0 aliphatic heterocycles. The van der Waals surface area contributed by atoms with Crippen LogP contribution in [0.5, 0.6) is 0 Å². The number of anilines is 1. The molecule has 106 valence electrons. The minimum atomic E-state index is -4.51. The van der Waals surface area contributed by atoms with Crippen molar-refractivity contribution in [2.24, 2.45) is 0 Å². The largest absolute Gasteiger partial charge is 0.417 e. The van der Waals surface area contributed by atoms with Crippen LogP contribution in [0.15, 0.2) is 29.2 Å². The van der Waals surface area contributed by atoms with Crippen molar-refractivity contribution in [1.82, 2.24) is 14.5 Å². The van der Waals surface area contributed by atoms with Gasteiger partial charge >= 0.3 is 6.18 Å². The topological polar surface area (TPSA) is 73.8 Å². The van der Waals surface area contributed by atoms with Crippen LogP contribution in [0.3, 0.4) is 0 Å². The van der Waals surface area contributed by atoms with Crippen LogP contribution in [0.1, 0.15) is 17.1 Å². The Morgan fingerprint density at radius 3 is 2.60 bits per heavy atom. The highest BCUT2D eigenvalue weighted by Gasteiger charge is 2.31. The molecule has 0 aromatic carbocycles. The van der Waals surface area contributed by atoms with Gasteiger partial charge in [0.2, 0.25) is 0 Å². The lowest BCUT2D eigenvalue weighted by molar-refractivity contribution is -0.138. The molecule has 2 aromatic heterocycles. The van der Waals surface area contributed by atoms with Gasteiger partial charge in [-0.2, -0.15) is 13.2 Å². The monoisotopic (exact) mass is 284 g/mol. The number of alkyl halides is 3. The van der Waals surface area contributed by atoms with E-state index in [0.29, 0.717) is 5.69 Å². The molecule has 0 unspecified atom stereocenters. The van der Waals surface area contributed by atoms with Gasteiger partial charge in [-0.1, -0.05) is 0 Å². The summed E-state index contributed by atoms with van der Waals surface area (Å²) in [5.41, 5.74) is 4.64. The number of pyridine rings is 1. The zero-order valence-corrected chi connectivity index (χ0v) is 10.5. The minimum Gasteiger partial charge on any atom is -0.384 e. The van der Waals surface area contributed by atoms with E-state index >= 15 is 0 Å². The molecule has 0 fully saturated rings. The Morgan fingerprint density at radius 2 is 2.00 bits per heavy atom. The first-order valence-electron chi connectivity index (χ1n) is 5.63. The number of aromatic nitrogens is 3. The van der Waals surface area contributed by atoms with Crippen molar-refractivity contribution in [3.63, 3.8) is 0 Å². The molecule has 0 amide bonds. The lowest BCUT2D eigenvalue weighted by atomic mass is 10.2. The summed E-state index contributed by atoms with van der Waals surface area (Å²) < 4.78 is 38.7. The van der Waals surface area contributed by atoms with E-state index in [1.807, 2.05) is 0 Å². The number of aryl methyl sites for hydroxylation is 1. The maximum Gasteiger partial charge on any atom is 0.417 e. The highest BCUT2D eigenvalue weighted by atomic mass is 19.4. The summed E-state index contributed by atoms with van der Waals surface area (Å²) >= 11 is 0. The molecule has 2 rings (SSSR count). The van der Waals surface area contributed by atoms with Crippen molar-refractivity contribution in [3.8, 4) is 0 Å². The van der Waals surface area contributed by atoms with E-state index in [9.17, 15) is 18.0 Å². The summed E-state index contributed by atoms with van der Waals surface area (Å²) in [5, 5.41) is 0. The van der Waals surface area contributed by atoms with Crippen molar-refractivity contribution in [2.75, 3.05) is 5.73 Å². The van der Waals surface area contributed by atoms with Crippen molar-refractivity contribution >= 4 is 5.82 Å². The van der Waals surface area contributed by atoms with Crippen molar-refractivity contribution < 1.29 is 13.2 Å². The fourth-order valence-corrected chi connectivity index (χ4v) is 1.70. The summed E-state index contributed by atoms with van der Waals surface area (Å²) in [5.74, 6) is 0.386. The molecule has 2 N–H and O–H groups in total. The maximum absolute atomic E-state index is 12.6. The van der Waals surface area contributed by atoms with E-state index < -0.39 is 17.3 Å². The number of nitrogen functional groups attached to an aromatic ring is 1.